The molecule has 0 fully saturated rings. The standard InChI is InChI=1S/C22H19NO2/c1-3-8-17(9-4-1)15-24-20-13-7-12-19(14-20)22-23-21(16-25-22)18-10-5-2-6-11-18/h1-14,21H,15-16H2. The van der Waals surface area contributed by atoms with E-state index in [9.17, 15) is 0 Å². The van der Waals surface area contributed by atoms with Gasteiger partial charge in [-0.25, -0.2) is 4.99 Å². The van der Waals surface area contributed by atoms with Crippen LogP contribution in [0.15, 0.2) is 89.9 Å². The highest BCUT2D eigenvalue weighted by molar-refractivity contribution is 5.95. The van der Waals surface area contributed by atoms with Crippen LogP contribution in [0.1, 0.15) is 22.7 Å². The van der Waals surface area contributed by atoms with Gasteiger partial charge in [-0.05, 0) is 29.3 Å². The Balaban J connectivity index is 1.48. The van der Waals surface area contributed by atoms with Gasteiger partial charge in [-0.15, -0.1) is 0 Å². The molecule has 3 nitrogen and oxygen atoms in total. The Morgan fingerprint density at radius 3 is 2.44 bits per heavy atom. The number of hydrogen-bond acceptors (Lipinski definition) is 3. The van der Waals surface area contributed by atoms with Crippen molar-refractivity contribution < 1.29 is 9.47 Å². The zero-order valence-electron chi connectivity index (χ0n) is 13.8. The van der Waals surface area contributed by atoms with Crippen LogP contribution in [-0.4, -0.2) is 12.5 Å². The van der Waals surface area contributed by atoms with Crippen molar-refractivity contribution in [1.29, 1.82) is 0 Å². The fourth-order valence-corrected chi connectivity index (χ4v) is 2.84. The van der Waals surface area contributed by atoms with Crippen LogP contribution in [0.3, 0.4) is 0 Å². The molecule has 0 radical (unpaired) electrons. The minimum Gasteiger partial charge on any atom is -0.489 e. The molecule has 3 aromatic carbocycles. The first-order valence-electron chi connectivity index (χ1n) is 8.41. The van der Waals surface area contributed by atoms with Gasteiger partial charge in [0.2, 0.25) is 5.90 Å². The van der Waals surface area contributed by atoms with E-state index in [1.807, 2.05) is 60.7 Å². The van der Waals surface area contributed by atoms with E-state index in [-0.39, 0.29) is 6.04 Å². The second kappa shape index (κ2) is 7.22. The van der Waals surface area contributed by atoms with Gasteiger partial charge in [0.25, 0.3) is 0 Å². The van der Waals surface area contributed by atoms with Crippen molar-refractivity contribution >= 4 is 5.90 Å². The lowest BCUT2D eigenvalue weighted by atomic mass is 10.1. The maximum absolute atomic E-state index is 5.89. The summed E-state index contributed by atoms with van der Waals surface area (Å²) in [7, 11) is 0. The van der Waals surface area contributed by atoms with Gasteiger partial charge in [-0.2, -0.15) is 0 Å². The summed E-state index contributed by atoms with van der Waals surface area (Å²) in [5.74, 6) is 1.50. The van der Waals surface area contributed by atoms with E-state index in [2.05, 4.69) is 24.3 Å². The highest BCUT2D eigenvalue weighted by atomic mass is 16.5. The lowest BCUT2D eigenvalue weighted by Gasteiger charge is -2.08. The van der Waals surface area contributed by atoms with Crippen molar-refractivity contribution in [3.63, 3.8) is 0 Å². The van der Waals surface area contributed by atoms with Gasteiger partial charge in [0.05, 0.1) is 0 Å². The van der Waals surface area contributed by atoms with Crippen LogP contribution >= 0.6 is 0 Å². The summed E-state index contributed by atoms with van der Waals surface area (Å²) in [4.78, 5) is 4.73. The lowest BCUT2D eigenvalue weighted by molar-refractivity contribution is 0.305. The maximum atomic E-state index is 5.89. The monoisotopic (exact) mass is 329 g/mol. The Morgan fingerprint density at radius 1 is 0.880 bits per heavy atom. The average Bonchev–Trinajstić information content (AvgIpc) is 3.18. The minimum atomic E-state index is 0.0603. The Morgan fingerprint density at radius 2 is 1.64 bits per heavy atom. The maximum Gasteiger partial charge on any atom is 0.217 e. The summed E-state index contributed by atoms with van der Waals surface area (Å²) < 4.78 is 11.7. The Hall–Kier alpha value is -3.07. The summed E-state index contributed by atoms with van der Waals surface area (Å²) in [6.45, 7) is 1.12. The number of ether oxygens (including phenoxy) is 2. The largest absolute Gasteiger partial charge is 0.489 e. The molecular formula is C22H19NO2. The lowest BCUT2D eigenvalue weighted by Crippen LogP contribution is -2.02. The third-order valence-electron chi connectivity index (χ3n) is 4.16. The molecule has 4 rings (SSSR count). The molecule has 1 atom stereocenters. The Kier molecular flexibility index (Phi) is 4.46. The van der Waals surface area contributed by atoms with Crippen molar-refractivity contribution in [3.05, 3.63) is 102 Å². The second-order valence-electron chi connectivity index (χ2n) is 5.97. The molecule has 1 aliphatic heterocycles. The number of rotatable bonds is 5. The zero-order chi connectivity index (χ0) is 16.9. The predicted molar refractivity (Wildman–Crippen MR) is 98.9 cm³/mol. The first kappa shape index (κ1) is 15.5. The molecule has 0 aliphatic carbocycles. The van der Waals surface area contributed by atoms with Crippen molar-refractivity contribution in [3.8, 4) is 5.75 Å². The number of hydrogen-bond donors (Lipinski definition) is 0. The third-order valence-corrected chi connectivity index (χ3v) is 4.16. The number of benzene rings is 3. The van der Waals surface area contributed by atoms with Crippen molar-refractivity contribution in [2.24, 2.45) is 4.99 Å². The number of aliphatic imine (C=N–C) groups is 1. The first-order valence-corrected chi connectivity index (χ1v) is 8.41. The molecule has 3 heteroatoms. The first-order chi connectivity index (χ1) is 12.4. The molecule has 0 bridgehead atoms. The molecule has 25 heavy (non-hydrogen) atoms. The van der Waals surface area contributed by atoms with Gasteiger partial charge in [0, 0.05) is 5.56 Å². The molecular weight excluding hydrogens is 310 g/mol. The zero-order valence-corrected chi connectivity index (χ0v) is 13.8. The molecule has 0 saturated carbocycles. The highest BCUT2D eigenvalue weighted by Gasteiger charge is 2.21. The van der Waals surface area contributed by atoms with Gasteiger partial charge in [0.1, 0.15) is 25.0 Å². The predicted octanol–water partition coefficient (Wildman–Crippen LogP) is 4.78. The normalized spacial score (nSPS) is 16.2. The molecule has 0 spiro atoms. The summed E-state index contributed by atoms with van der Waals surface area (Å²) >= 11 is 0. The molecule has 124 valence electrons. The van der Waals surface area contributed by atoms with Gasteiger partial charge >= 0.3 is 0 Å². The van der Waals surface area contributed by atoms with E-state index in [1.165, 1.54) is 5.56 Å². The highest BCUT2D eigenvalue weighted by Crippen LogP contribution is 2.26. The van der Waals surface area contributed by atoms with Crippen LogP contribution < -0.4 is 4.74 Å². The summed E-state index contributed by atoms with van der Waals surface area (Å²) in [5, 5.41) is 0. The smallest absolute Gasteiger partial charge is 0.217 e. The van der Waals surface area contributed by atoms with Gasteiger partial charge in [-0.3, -0.25) is 0 Å². The topological polar surface area (TPSA) is 30.8 Å². The van der Waals surface area contributed by atoms with Crippen molar-refractivity contribution in [2.75, 3.05) is 6.61 Å². The molecule has 0 N–H and O–H groups in total. The van der Waals surface area contributed by atoms with E-state index in [4.69, 9.17) is 14.5 Å². The van der Waals surface area contributed by atoms with Gasteiger partial charge in [0.15, 0.2) is 0 Å². The van der Waals surface area contributed by atoms with Crippen molar-refractivity contribution in [1.82, 2.24) is 0 Å². The summed E-state index contributed by atoms with van der Waals surface area (Å²) in [5.41, 5.74) is 3.27. The number of nitrogens with zero attached hydrogens (tertiary/aromatic N) is 1. The van der Waals surface area contributed by atoms with Crippen molar-refractivity contribution in [2.45, 2.75) is 12.6 Å². The van der Waals surface area contributed by atoms with E-state index in [0.717, 1.165) is 16.9 Å². The van der Waals surface area contributed by atoms with E-state index >= 15 is 0 Å². The van der Waals surface area contributed by atoms with Crippen LogP contribution in [0.2, 0.25) is 0 Å². The van der Waals surface area contributed by atoms with Crippen LogP contribution in [0, 0.1) is 0 Å². The molecule has 1 heterocycles. The quantitative estimate of drug-likeness (QED) is 0.674. The minimum absolute atomic E-state index is 0.0603. The molecule has 0 aromatic heterocycles. The van der Waals surface area contributed by atoms with Crippen LogP contribution in [0.5, 0.6) is 5.75 Å². The molecule has 3 aromatic rings. The van der Waals surface area contributed by atoms with E-state index in [0.29, 0.717) is 19.1 Å². The molecule has 1 unspecified atom stereocenters. The molecule has 0 amide bonds. The van der Waals surface area contributed by atoms with Crippen LogP contribution in [0.25, 0.3) is 0 Å². The summed E-state index contributed by atoms with van der Waals surface area (Å²) in [6, 6.07) is 28.3. The van der Waals surface area contributed by atoms with Crippen LogP contribution in [-0.2, 0) is 11.3 Å². The van der Waals surface area contributed by atoms with Crippen LogP contribution in [0.4, 0.5) is 0 Å². The fraction of sp³-hybridized carbons (Fsp3) is 0.136. The summed E-state index contributed by atoms with van der Waals surface area (Å²) in [6.07, 6.45) is 0. The second-order valence-corrected chi connectivity index (χ2v) is 5.97. The SMILES string of the molecule is c1ccc(COc2cccc(C3=NC(c4ccccc4)CO3)c2)cc1. The van der Waals surface area contributed by atoms with Gasteiger partial charge in [-0.1, -0.05) is 66.7 Å². The van der Waals surface area contributed by atoms with E-state index < -0.39 is 0 Å². The fourth-order valence-electron chi connectivity index (χ4n) is 2.84. The van der Waals surface area contributed by atoms with E-state index in [1.54, 1.807) is 0 Å². The Bertz CT molecular complexity index is 859. The molecule has 1 aliphatic rings. The van der Waals surface area contributed by atoms with Gasteiger partial charge < -0.3 is 9.47 Å². The average molecular weight is 329 g/mol. The molecule has 0 saturated heterocycles. The third kappa shape index (κ3) is 3.72. The Labute approximate surface area is 147 Å².